The lowest BCUT2D eigenvalue weighted by Gasteiger charge is -2.03. The number of benzene rings is 2. The van der Waals surface area contributed by atoms with Crippen molar-refractivity contribution in [3.63, 3.8) is 0 Å². The molecule has 21 heavy (non-hydrogen) atoms. The molecule has 0 N–H and O–H groups in total. The summed E-state index contributed by atoms with van der Waals surface area (Å²) in [4.78, 5) is 0. The van der Waals surface area contributed by atoms with Crippen LogP contribution in [0, 0.1) is 20.8 Å². The summed E-state index contributed by atoms with van der Waals surface area (Å²) in [5.74, 6) is 0. The molecule has 114 valence electrons. The second-order valence-electron chi connectivity index (χ2n) is 4.69. The third-order valence-corrected chi connectivity index (χ3v) is 4.86. The lowest BCUT2D eigenvalue weighted by molar-refractivity contribution is 1.38. The van der Waals surface area contributed by atoms with Crippen LogP contribution >= 0.6 is 62.3 Å². The van der Waals surface area contributed by atoms with Crippen molar-refractivity contribution in [1.82, 2.24) is 0 Å². The summed E-state index contributed by atoms with van der Waals surface area (Å²) in [6.45, 7) is 5.84. The first kappa shape index (κ1) is 19.1. The highest BCUT2D eigenvalue weighted by molar-refractivity contribution is 9.08. The molecule has 0 aliphatic carbocycles. The summed E-state index contributed by atoms with van der Waals surface area (Å²) in [6, 6.07) is 7.62. The third-order valence-electron chi connectivity index (χ3n) is 2.84. The highest BCUT2D eigenvalue weighted by Gasteiger charge is 2.04. The molecule has 0 aliphatic heterocycles. The fourth-order valence-corrected chi connectivity index (χ4v) is 3.88. The molecule has 2 aromatic carbocycles. The van der Waals surface area contributed by atoms with Crippen molar-refractivity contribution in [3.05, 3.63) is 66.6 Å². The second-order valence-corrected chi connectivity index (χ2v) is 6.88. The number of aryl methyl sites for hydroxylation is 2. The van der Waals surface area contributed by atoms with Gasteiger partial charge >= 0.3 is 0 Å². The first-order valence-electron chi connectivity index (χ1n) is 6.19. The van der Waals surface area contributed by atoms with E-state index in [0.29, 0.717) is 5.33 Å². The van der Waals surface area contributed by atoms with E-state index in [2.05, 4.69) is 15.9 Å². The van der Waals surface area contributed by atoms with Crippen LogP contribution in [0.15, 0.2) is 24.3 Å². The van der Waals surface area contributed by atoms with Gasteiger partial charge in [-0.15, -0.1) is 0 Å². The Balaban J connectivity index is 0.000000211. The number of rotatable bonds is 1. The molecule has 0 bridgehead atoms. The molecule has 2 aromatic rings. The van der Waals surface area contributed by atoms with Gasteiger partial charge in [-0.1, -0.05) is 62.3 Å². The molecule has 5 heteroatoms. The monoisotopic (exact) mass is 426 g/mol. The van der Waals surface area contributed by atoms with Gasteiger partial charge in [0.2, 0.25) is 0 Å². The SMILES string of the molecule is Cc1cc(Cl)c(C)c(Cl)c1.Cc1cc(Cl)c(CBr)c(Cl)c1. The van der Waals surface area contributed by atoms with E-state index < -0.39 is 0 Å². The van der Waals surface area contributed by atoms with Crippen molar-refractivity contribution < 1.29 is 0 Å². The molecule has 0 spiro atoms. The zero-order chi connectivity index (χ0) is 16.2. The largest absolute Gasteiger partial charge is 0.0875 e. The van der Waals surface area contributed by atoms with Gasteiger partial charge < -0.3 is 0 Å². The highest BCUT2D eigenvalue weighted by atomic mass is 79.9. The Hall–Kier alpha value is 0.0800. The maximum absolute atomic E-state index is 5.92. The van der Waals surface area contributed by atoms with E-state index in [1.54, 1.807) is 0 Å². The topological polar surface area (TPSA) is 0 Å². The summed E-state index contributed by atoms with van der Waals surface area (Å²) in [7, 11) is 0. The molecule has 0 saturated carbocycles. The summed E-state index contributed by atoms with van der Waals surface area (Å²) in [6.07, 6.45) is 0. The molecule has 0 saturated heterocycles. The number of alkyl halides is 1. The molecule has 0 heterocycles. The molecule has 0 aromatic heterocycles. The summed E-state index contributed by atoms with van der Waals surface area (Å²) in [5.41, 5.74) is 4.10. The summed E-state index contributed by atoms with van der Waals surface area (Å²) in [5, 5.41) is 3.64. The van der Waals surface area contributed by atoms with E-state index in [1.165, 1.54) is 0 Å². The maximum atomic E-state index is 5.92. The average Bonchev–Trinajstić information content (AvgIpc) is 2.36. The standard InChI is InChI=1S/C8H7BrCl2.C8H8Cl2/c1-5-2-7(10)6(4-9)8(11)3-5;1-5-3-7(9)6(2)8(10)4-5/h2-3H,4H2,1H3;3-4H,1-2H3. The van der Waals surface area contributed by atoms with Gasteiger partial charge in [0.25, 0.3) is 0 Å². The number of hydrogen-bond acceptors (Lipinski definition) is 0. The Morgan fingerprint density at radius 1 is 0.714 bits per heavy atom. The molecule has 0 fully saturated rings. The van der Waals surface area contributed by atoms with E-state index >= 15 is 0 Å². The average molecular weight is 429 g/mol. The minimum absolute atomic E-state index is 0.699. The van der Waals surface area contributed by atoms with Crippen LogP contribution in [0.4, 0.5) is 0 Å². The van der Waals surface area contributed by atoms with E-state index in [1.807, 2.05) is 45.0 Å². The third kappa shape index (κ3) is 5.65. The molecule has 0 atom stereocenters. The fraction of sp³-hybridized carbons (Fsp3) is 0.250. The molecule has 2 rings (SSSR count). The van der Waals surface area contributed by atoms with Gasteiger partial charge in [0.05, 0.1) is 0 Å². The number of halogens is 5. The highest BCUT2D eigenvalue weighted by Crippen LogP contribution is 2.28. The summed E-state index contributed by atoms with van der Waals surface area (Å²) < 4.78 is 0. The quantitative estimate of drug-likeness (QED) is 0.406. The Kier molecular flexibility index (Phi) is 7.87. The van der Waals surface area contributed by atoms with Crippen molar-refractivity contribution in [2.24, 2.45) is 0 Å². The van der Waals surface area contributed by atoms with Gasteiger partial charge in [-0.25, -0.2) is 0 Å². The molecule has 0 amide bonds. The number of hydrogen-bond donors (Lipinski definition) is 0. The van der Waals surface area contributed by atoms with Gasteiger partial charge in [-0.05, 0) is 67.3 Å². The van der Waals surface area contributed by atoms with Gasteiger partial charge in [-0.3, -0.25) is 0 Å². The Bertz CT molecular complexity index is 592. The van der Waals surface area contributed by atoms with E-state index in [9.17, 15) is 0 Å². The Morgan fingerprint density at radius 2 is 1.05 bits per heavy atom. The zero-order valence-corrected chi connectivity index (χ0v) is 16.5. The fourth-order valence-electron chi connectivity index (χ4n) is 1.63. The van der Waals surface area contributed by atoms with Crippen LogP contribution in [0.25, 0.3) is 0 Å². The minimum atomic E-state index is 0.699. The molecular formula is C16H15BrCl4. The van der Waals surface area contributed by atoms with Crippen molar-refractivity contribution in [2.75, 3.05) is 0 Å². The van der Waals surface area contributed by atoms with Gasteiger partial charge in [0.1, 0.15) is 0 Å². The van der Waals surface area contributed by atoms with Crippen LogP contribution in [0.5, 0.6) is 0 Å². The van der Waals surface area contributed by atoms with E-state index in [4.69, 9.17) is 46.4 Å². The molecule has 0 aliphatic rings. The van der Waals surface area contributed by atoms with Crippen LogP contribution in [-0.2, 0) is 5.33 Å². The molecular weight excluding hydrogens is 414 g/mol. The van der Waals surface area contributed by atoms with Gasteiger partial charge in [-0.2, -0.15) is 0 Å². The predicted octanol–water partition coefficient (Wildman–Crippen LogP) is 7.81. The predicted molar refractivity (Wildman–Crippen MR) is 99.8 cm³/mol. The Morgan fingerprint density at radius 3 is 1.38 bits per heavy atom. The lowest BCUT2D eigenvalue weighted by Crippen LogP contribution is -1.83. The van der Waals surface area contributed by atoms with E-state index in [-0.39, 0.29) is 0 Å². The minimum Gasteiger partial charge on any atom is -0.0875 e. The zero-order valence-electron chi connectivity index (χ0n) is 11.9. The van der Waals surface area contributed by atoms with Crippen LogP contribution < -0.4 is 0 Å². The van der Waals surface area contributed by atoms with E-state index in [0.717, 1.165) is 42.3 Å². The van der Waals surface area contributed by atoms with Crippen molar-refractivity contribution in [1.29, 1.82) is 0 Å². The van der Waals surface area contributed by atoms with Crippen LogP contribution in [0.1, 0.15) is 22.3 Å². The van der Waals surface area contributed by atoms with Crippen LogP contribution in [0.2, 0.25) is 20.1 Å². The van der Waals surface area contributed by atoms with Crippen molar-refractivity contribution in [2.45, 2.75) is 26.1 Å². The normalized spacial score (nSPS) is 10.1. The first-order chi connectivity index (χ1) is 9.76. The lowest BCUT2D eigenvalue weighted by atomic mass is 10.2. The smallest absolute Gasteiger partial charge is 0.0464 e. The van der Waals surface area contributed by atoms with Gasteiger partial charge in [0.15, 0.2) is 0 Å². The first-order valence-corrected chi connectivity index (χ1v) is 8.82. The van der Waals surface area contributed by atoms with Crippen molar-refractivity contribution in [3.8, 4) is 0 Å². The maximum Gasteiger partial charge on any atom is 0.0464 e. The van der Waals surface area contributed by atoms with Crippen LogP contribution in [-0.4, -0.2) is 0 Å². The molecule has 0 nitrogen and oxygen atoms in total. The van der Waals surface area contributed by atoms with Crippen molar-refractivity contribution >= 4 is 62.3 Å². The second kappa shape index (κ2) is 8.64. The van der Waals surface area contributed by atoms with Gasteiger partial charge in [0, 0.05) is 25.4 Å². The van der Waals surface area contributed by atoms with Crippen LogP contribution in [0.3, 0.4) is 0 Å². The molecule has 0 radical (unpaired) electrons. The summed E-state index contributed by atoms with van der Waals surface area (Å²) >= 11 is 26.8. The Labute approximate surface area is 154 Å². The molecule has 0 unspecified atom stereocenters.